The maximum atomic E-state index is 13.1. The first-order valence-electron chi connectivity index (χ1n) is 12.1. The Morgan fingerprint density at radius 1 is 0.974 bits per heavy atom. The summed E-state index contributed by atoms with van der Waals surface area (Å²) in [6.07, 6.45) is -3.11. The second-order valence-electron chi connectivity index (χ2n) is 8.91. The lowest BCUT2D eigenvalue weighted by atomic mass is 9.97. The minimum atomic E-state index is -4.47. The lowest BCUT2D eigenvalue weighted by Gasteiger charge is -2.32. The van der Waals surface area contributed by atoms with Gasteiger partial charge in [-0.3, -0.25) is 9.59 Å². The molecule has 10 heteroatoms. The highest BCUT2D eigenvalue weighted by molar-refractivity contribution is 6.01. The number of carbonyl (C=O) groups excluding carboxylic acids is 3. The van der Waals surface area contributed by atoms with E-state index >= 15 is 0 Å². The Kier molecular flexibility index (Phi) is 7.99. The third-order valence-electron chi connectivity index (χ3n) is 6.35. The number of hydrogen-bond donors (Lipinski definition) is 3. The minimum Gasteiger partial charge on any atom is -0.359 e. The van der Waals surface area contributed by atoms with Crippen molar-refractivity contribution in [3.63, 3.8) is 0 Å². The normalized spacial score (nSPS) is 15.6. The summed E-state index contributed by atoms with van der Waals surface area (Å²) in [6.45, 7) is 0.490. The quantitative estimate of drug-likeness (QED) is 0.425. The van der Waals surface area contributed by atoms with E-state index in [1.165, 1.54) is 0 Å². The van der Waals surface area contributed by atoms with Crippen LogP contribution in [0.1, 0.15) is 24.0 Å². The Bertz CT molecular complexity index is 1310. The summed E-state index contributed by atoms with van der Waals surface area (Å²) in [5.41, 5.74) is 2.76. The van der Waals surface area contributed by atoms with Gasteiger partial charge in [0.2, 0.25) is 11.8 Å². The van der Waals surface area contributed by atoms with Crippen LogP contribution >= 0.6 is 0 Å². The van der Waals surface area contributed by atoms with Crippen molar-refractivity contribution in [1.82, 2.24) is 10.6 Å². The molecule has 3 aromatic carbocycles. The molecule has 1 aliphatic heterocycles. The number of alkyl halides is 3. The summed E-state index contributed by atoms with van der Waals surface area (Å²) < 4.78 is 38.2. The standard InChI is InChI=1S/C28H27F3N4O3/c1-32-25(36)17-19-5-2-3-6-23(19)18-8-14-22(15-9-18)35-16-4-7-24(26(35)37)34-27(38)33-21-12-10-20(11-13-21)28(29,30)31/h2-3,5-6,8-15,24H,4,7,16-17H2,1H3,(H,32,36)(H2,33,34,38). The fourth-order valence-electron chi connectivity index (χ4n) is 4.37. The van der Waals surface area contributed by atoms with E-state index in [1.807, 2.05) is 48.5 Å². The van der Waals surface area contributed by atoms with Crippen LogP contribution in [0, 0.1) is 0 Å². The maximum absolute atomic E-state index is 13.1. The van der Waals surface area contributed by atoms with Crippen molar-refractivity contribution in [2.75, 3.05) is 23.8 Å². The van der Waals surface area contributed by atoms with Crippen molar-refractivity contribution in [3.8, 4) is 11.1 Å². The van der Waals surface area contributed by atoms with Crippen molar-refractivity contribution >= 4 is 29.2 Å². The summed E-state index contributed by atoms with van der Waals surface area (Å²) in [7, 11) is 1.59. The number of urea groups is 1. The Hall–Kier alpha value is -4.34. The van der Waals surface area contributed by atoms with Crippen molar-refractivity contribution in [3.05, 3.63) is 83.9 Å². The fraction of sp³-hybridized carbons (Fsp3) is 0.250. The number of anilines is 2. The molecule has 0 radical (unpaired) electrons. The second kappa shape index (κ2) is 11.4. The van der Waals surface area contributed by atoms with Crippen LogP contribution in [0.3, 0.4) is 0 Å². The molecule has 1 saturated heterocycles. The molecule has 7 nitrogen and oxygen atoms in total. The van der Waals surface area contributed by atoms with E-state index in [1.54, 1.807) is 11.9 Å². The van der Waals surface area contributed by atoms with E-state index < -0.39 is 23.8 Å². The summed E-state index contributed by atoms with van der Waals surface area (Å²) in [5.74, 6) is -0.361. The molecule has 3 N–H and O–H groups in total. The summed E-state index contributed by atoms with van der Waals surface area (Å²) in [4.78, 5) is 39.1. The van der Waals surface area contributed by atoms with Gasteiger partial charge in [-0.15, -0.1) is 0 Å². The zero-order chi connectivity index (χ0) is 27.3. The van der Waals surface area contributed by atoms with Gasteiger partial charge >= 0.3 is 12.2 Å². The number of amides is 4. The number of halogens is 3. The highest BCUT2D eigenvalue weighted by atomic mass is 19.4. The molecule has 1 fully saturated rings. The van der Waals surface area contributed by atoms with Gasteiger partial charge in [0.05, 0.1) is 12.0 Å². The van der Waals surface area contributed by atoms with E-state index in [0.717, 1.165) is 41.0 Å². The zero-order valence-electron chi connectivity index (χ0n) is 20.6. The molecule has 1 atom stereocenters. The molecule has 198 valence electrons. The van der Waals surface area contributed by atoms with E-state index in [-0.39, 0.29) is 23.9 Å². The lowest BCUT2D eigenvalue weighted by Crippen LogP contribution is -2.53. The fourth-order valence-corrected chi connectivity index (χ4v) is 4.37. The van der Waals surface area contributed by atoms with Crippen LogP contribution in [0.25, 0.3) is 11.1 Å². The summed E-state index contributed by atoms with van der Waals surface area (Å²) in [5, 5.41) is 7.73. The molecular formula is C28H27F3N4O3. The molecule has 1 aliphatic rings. The number of nitrogens with zero attached hydrogens (tertiary/aromatic N) is 1. The van der Waals surface area contributed by atoms with Crippen LogP contribution in [0.2, 0.25) is 0 Å². The molecule has 1 unspecified atom stereocenters. The number of carbonyl (C=O) groups is 3. The third-order valence-corrected chi connectivity index (χ3v) is 6.35. The lowest BCUT2D eigenvalue weighted by molar-refractivity contribution is -0.137. The van der Waals surface area contributed by atoms with Crippen molar-refractivity contribution in [2.24, 2.45) is 0 Å². The van der Waals surface area contributed by atoms with Crippen LogP contribution < -0.4 is 20.9 Å². The predicted molar refractivity (Wildman–Crippen MR) is 139 cm³/mol. The van der Waals surface area contributed by atoms with Gasteiger partial charge in [0, 0.05) is 25.0 Å². The van der Waals surface area contributed by atoms with Crippen LogP contribution in [0.15, 0.2) is 72.8 Å². The van der Waals surface area contributed by atoms with Crippen molar-refractivity contribution in [2.45, 2.75) is 31.5 Å². The van der Waals surface area contributed by atoms with Crippen LogP contribution in [0.4, 0.5) is 29.3 Å². The summed E-state index contributed by atoms with van der Waals surface area (Å²) >= 11 is 0. The molecule has 38 heavy (non-hydrogen) atoms. The van der Waals surface area contributed by atoms with E-state index in [9.17, 15) is 27.6 Å². The van der Waals surface area contributed by atoms with Gasteiger partial charge in [0.1, 0.15) is 6.04 Å². The van der Waals surface area contributed by atoms with Crippen LogP contribution in [-0.4, -0.2) is 37.5 Å². The largest absolute Gasteiger partial charge is 0.416 e. The summed E-state index contributed by atoms with van der Waals surface area (Å²) in [6, 6.07) is 17.7. The molecule has 0 aromatic heterocycles. The Morgan fingerprint density at radius 3 is 2.32 bits per heavy atom. The number of benzene rings is 3. The van der Waals surface area contributed by atoms with Gasteiger partial charge in [0.25, 0.3) is 0 Å². The molecule has 0 spiro atoms. The Morgan fingerprint density at radius 2 is 1.66 bits per heavy atom. The molecule has 0 saturated carbocycles. The number of rotatable bonds is 6. The molecule has 0 aliphatic carbocycles. The third kappa shape index (κ3) is 6.31. The van der Waals surface area contributed by atoms with Gasteiger partial charge in [-0.1, -0.05) is 36.4 Å². The zero-order valence-corrected chi connectivity index (χ0v) is 20.6. The Labute approximate surface area is 218 Å². The average molecular weight is 525 g/mol. The molecule has 0 bridgehead atoms. The van der Waals surface area contributed by atoms with Gasteiger partial charge in [0.15, 0.2) is 0 Å². The molecule has 4 rings (SSSR count). The SMILES string of the molecule is CNC(=O)Cc1ccccc1-c1ccc(N2CCCC(NC(=O)Nc3ccc(C(F)(F)F)cc3)C2=O)cc1. The molecule has 3 aromatic rings. The molecular weight excluding hydrogens is 497 g/mol. The second-order valence-corrected chi connectivity index (χ2v) is 8.91. The van der Waals surface area contributed by atoms with Crippen molar-refractivity contribution in [1.29, 1.82) is 0 Å². The smallest absolute Gasteiger partial charge is 0.359 e. The highest BCUT2D eigenvalue weighted by Crippen LogP contribution is 2.30. The van der Waals surface area contributed by atoms with E-state index in [4.69, 9.17) is 0 Å². The highest BCUT2D eigenvalue weighted by Gasteiger charge is 2.32. The van der Waals surface area contributed by atoms with Gasteiger partial charge in [-0.2, -0.15) is 13.2 Å². The monoisotopic (exact) mass is 524 g/mol. The number of hydrogen-bond acceptors (Lipinski definition) is 3. The first-order valence-corrected chi connectivity index (χ1v) is 12.1. The average Bonchev–Trinajstić information content (AvgIpc) is 2.90. The van der Waals surface area contributed by atoms with Crippen molar-refractivity contribution < 1.29 is 27.6 Å². The Balaban J connectivity index is 1.41. The maximum Gasteiger partial charge on any atom is 0.416 e. The van der Waals surface area contributed by atoms with Crippen LogP contribution in [-0.2, 0) is 22.2 Å². The van der Waals surface area contributed by atoms with Gasteiger partial charge < -0.3 is 20.9 Å². The minimum absolute atomic E-state index is 0.0890. The van der Waals surface area contributed by atoms with E-state index in [0.29, 0.717) is 25.1 Å². The topological polar surface area (TPSA) is 90.5 Å². The number of likely N-dealkylation sites (N-methyl/N-ethyl adjacent to an activating group) is 1. The first kappa shape index (κ1) is 26.7. The van der Waals surface area contributed by atoms with E-state index in [2.05, 4.69) is 16.0 Å². The molecule has 1 heterocycles. The number of piperidine rings is 1. The van der Waals surface area contributed by atoms with Crippen LogP contribution in [0.5, 0.6) is 0 Å². The van der Waals surface area contributed by atoms with Gasteiger partial charge in [-0.25, -0.2) is 4.79 Å². The number of nitrogens with one attached hydrogen (secondary N) is 3. The molecule has 4 amide bonds. The first-order chi connectivity index (χ1) is 18.2. The van der Waals surface area contributed by atoms with Gasteiger partial charge in [-0.05, 0) is 65.9 Å². The predicted octanol–water partition coefficient (Wildman–Crippen LogP) is 4.98.